The average molecular weight is 450 g/mol. The van der Waals surface area contributed by atoms with Crippen molar-refractivity contribution in [2.24, 2.45) is 0 Å². The minimum atomic E-state index is -0.384. The SMILES string of the molecule is C=CCn1c(SCC(=O)N2CCOCC2)nnc1[C@@H](C)NC(=O)c1ccc(Cl)cc1. The van der Waals surface area contributed by atoms with E-state index >= 15 is 0 Å². The van der Waals surface area contributed by atoms with Gasteiger partial charge in [0.25, 0.3) is 5.91 Å². The summed E-state index contributed by atoms with van der Waals surface area (Å²) in [5.41, 5.74) is 0.506. The van der Waals surface area contributed by atoms with Crippen molar-refractivity contribution in [1.82, 2.24) is 25.0 Å². The molecule has 10 heteroatoms. The Kier molecular flexibility index (Phi) is 7.89. The number of hydrogen-bond donors (Lipinski definition) is 1. The molecular weight excluding hydrogens is 426 g/mol. The summed E-state index contributed by atoms with van der Waals surface area (Å²) in [5, 5.41) is 12.6. The summed E-state index contributed by atoms with van der Waals surface area (Å²) in [6.07, 6.45) is 1.73. The van der Waals surface area contributed by atoms with Gasteiger partial charge in [-0.3, -0.25) is 9.59 Å². The van der Waals surface area contributed by atoms with Crippen LogP contribution >= 0.6 is 23.4 Å². The molecule has 2 amide bonds. The Morgan fingerprint density at radius 2 is 2.00 bits per heavy atom. The predicted molar refractivity (Wildman–Crippen MR) is 116 cm³/mol. The largest absolute Gasteiger partial charge is 0.378 e. The summed E-state index contributed by atoms with van der Waals surface area (Å²) in [4.78, 5) is 26.7. The number of allylic oxidation sites excluding steroid dienone is 1. The number of carbonyl (C=O) groups is 2. The van der Waals surface area contributed by atoms with Crippen molar-refractivity contribution in [2.75, 3.05) is 32.1 Å². The van der Waals surface area contributed by atoms with Crippen LogP contribution in [0.3, 0.4) is 0 Å². The highest BCUT2D eigenvalue weighted by Crippen LogP contribution is 2.22. The van der Waals surface area contributed by atoms with E-state index in [-0.39, 0.29) is 23.6 Å². The van der Waals surface area contributed by atoms with Crippen LogP contribution in [-0.4, -0.2) is 63.5 Å². The smallest absolute Gasteiger partial charge is 0.251 e. The van der Waals surface area contributed by atoms with E-state index < -0.39 is 0 Å². The molecule has 30 heavy (non-hydrogen) atoms. The normalized spacial score (nSPS) is 14.9. The summed E-state index contributed by atoms with van der Waals surface area (Å²) < 4.78 is 7.14. The first-order chi connectivity index (χ1) is 14.5. The van der Waals surface area contributed by atoms with Crippen molar-refractivity contribution in [3.05, 3.63) is 53.3 Å². The van der Waals surface area contributed by atoms with E-state index in [0.29, 0.717) is 54.4 Å². The van der Waals surface area contributed by atoms with Crippen LogP contribution < -0.4 is 5.32 Å². The first-order valence-electron chi connectivity index (χ1n) is 9.58. The number of halogens is 1. The first kappa shape index (κ1) is 22.3. The molecule has 0 saturated carbocycles. The van der Waals surface area contributed by atoms with Crippen LogP contribution in [0.15, 0.2) is 42.1 Å². The Hall–Kier alpha value is -2.36. The number of nitrogens with zero attached hydrogens (tertiary/aromatic N) is 4. The molecule has 0 radical (unpaired) electrons. The topological polar surface area (TPSA) is 89.3 Å². The summed E-state index contributed by atoms with van der Waals surface area (Å²) in [5.74, 6) is 0.672. The van der Waals surface area contributed by atoms with Crippen molar-refractivity contribution in [3.8, 4) is 0 Å². The lowest BCUT2D eigenvalue weighted by Crippen LogP contribution is -2.41. The Morgan fingerprint density at radius 1 is 1.30 bits per heavy atom. The Labute approximate surface area is 184 Å². The molecule has 1 aliphatic heterocycles. The first-order valence-corrected chi connectivity index (χ1v) is 10.9. The highest BCUT2D eigenvalue weighted by Gasteiger charge is 2.22. The van der Waals surface area contributed by atoms with Crippen molar-refractivity contribution in [3.63, 3.8) is 0 Å². The van der Waals surface area contributed by atoms with E-state index in [9.17, 15) is 9.59 Å². The fourth-order valence-electron chi connectivity index (χ4n) is 3.00. The molecule has 1 N–H and O–H groups in total. The number of rotatable bonds is 8. The predicted octanol–water partition coefficient (Wildman–Crippen LogP) is 2.56. The molecule has 160 valence electrons. The number of benzene rings is 1. The second-order valence-electron chi connectivity index (χ2n) is 6.72. The zero-order chi connectivity index (χ0) is 21.5. The molecule has 2 heterocycles. The van der Waals surface area contributed by atoms with Gasteiger partial charge < -0.3 is 19.5 Å². The van der Waals surface area contributed by atoms with Crippen molar-refractivity contribution in [1.29, 1.82) is 0 Å². The number of nitrogens with one attached hydrogen (secondary N) is 1. The Balaban J connectivity index is 1.66. The second kappa shape index (κ2) is 10.6. The van der Waals surface area contributed by atoms with Gasteiger partial charge in [0.15, 0.2) is 11.0 Å². The highest BCUT2D eigenvalue weighted by atomic mass is 35.5. The van der Waals surface area contributed by atoms with Crippen molar-refractivity contribution < 1.29 is 14.3 Å². The molecule has 0 aliphatic carbocycles. The molecule has 0 unspecified atom stereocenters. The lowest BCUT2D eigenvalue weighted by Gasteiger charge is -2.26. The van der Waals surface area contributed by atoms with Crippen LogP contribution in [0.25, 0.3) is 0 Å². The number of ether oxygens (including phenoxy) is 1. The molecule has 1 saturated heterocycles. The van der Waals surface area contributed by atoms with Gasteiger partial charge in [0.1, 0.15) is 0 Å². The number of amides is 2. The van der Waals surface area contributed by atoms with E-state index in [0.717, 1.165) is 0 Å². The maximum atomic E-state index is 12.5. The van der Waals surface area contributed by atoms with Gasteiger partial charge in [-0.2, -0.15) is 0 Å². The number of hydrogen-bond acceptors (Lipinski definition) is 6. The molecule has 1 atom stereocenters. The van der Waals surface area contributed by atoms with E-state index in [1.165, 1.54) is 11.8 Å². The zero-order valence-electron chi connectivity index (χ0n) is 16.7. The van der Waals surface area contributed by atoms with Gasteiger partial charge in [-0.15, -0.1) is 16.8 Å². The summed E-state index contributed by atoms with van der Waals surface area (Å²) in [6.45, 7) is 8.45. The maximum absolute atomic E-state index is 12.5. The van der Waals surface area contributed by atoms with Gasteiger partial charge in [-0.05, 0) is 31.2 Å². The van der Waals surface area contributed by atoms with Gasteiger partial charge in [-0.1, -0.05) is 29.4 Å². The molecule has 1 aliphatic rings. The molecule has 1 aromatic carbocycles. The van der Waals surface area contributed by atoms with Gasteiger partial charge in [0, 0.05) is 30.2 Å². The van der Waals surface area contributed by atoms with Gasteiger partial charge in [0.05, 0.1) is 25.0 Å². The fraction of sp³-hybridized carbons (Fsp3) is 0.400. The van der Waals surface area contributed by atoms with Crippen LogP contribution in [0.1, 0.15) is 29.1 Å². The molecule has 8 nitrogen and oxygen atoms in total. The third kappa shape index (κ3) is 5.62. The maximum Gasteiger partial charge on any atom is 0.251 e. The van der Waals surface area contributed by atoms with Crippen LogP contribution in [0.2, 0.25) is 5.02 Å². The van der Waals surface area contributed by atoms with Crippen molar-refractivity contribution >= 4 is 35.2 Å². The molecule has 3 rings (SSSR count). The van der Waals surface area contributed by atoms with Crippen LogP contribution in [-0.2, 0) is 16.1 Å². The van der Waals surface area contributed by atoms with Gasteiger partial charge in [-0.25, -0.2) is 0 Å². The summed E-state index contributed by atoms with van der Waals surface area (Å²) in [6, 6.07) is 6.28. The number of carbonyl (C=O) groups excluding carboxylic acids is 2. The molecule has 1 aromatic heterocycles. The Morgan fingerprint density at radius 3 is 2.67 bits per heavy atom. The number of thioether (sulfide) groups is 1. The summed E-state index contributed by atoms with van der Waals surface area (Å²) in [7, 11) is 0. The van der Waals surface area contributed by atoms with E-state index in [1.807, 2.05) is 11.5 Å². The second-order valence-corrected chi connectivity index (χ2v) is 8.10. The third-order valence-corrected chi connectivity index (χ3v) is 5.79. The quantitative estimate of drug-likeness (QED) is 0.492. The molecule has 2 aromatic rings. The molecule has 1 fully saturated rings. The van der Waals surface area contributed by atoms with Crippen LogP contribution in [0.5, 0.6) is 0 Å². The standard InChI is InChI=1S/C20H24ClN5O3S/c1-3-8-26-18(14(2)22-19(28)15-4-6-16(21)7-5-15)23-24-20(26)30-13-17(27)25-9-11-29-12-10-25/h3-7,14H,1,8-13H2,2H3,(H,22,28)/t14-/m1/s1. The molecular formula is C20H24ClN5O3S. The van der Waals surface area contributed by atoms with Crippen molar-refractivity contribution in [2.45, 2.75) is 24.7 Å². The molecule has 0 bridgehead atoms. The molecule has 0 spiro atoms. The third-order valence-electron chi connectivity index (χ3n) is 4.59. The van der Waals surface area contributed by atoms with Gasteiger partial charge >= 0.3 is 0 Å². The minimum Gasteiger partial charge on any atom is -0.378 e. The lowest BCUT2D eigenvalue weighted by molar-refractivity contribution is -0.132. The van der Waals surface area contributed by atoms with Crippen LogP contribution in [0, 0.1) is 0 Å². The number of morpholine rings is 1. The number of aromatic nitrogens is 3. The van der Waals surface area contributed by atoms with Gasteiger partial charge in [0.2, 0.25) is 5.91 Å². The van der Waals surface area contributed by atoms with Crippen LogP contribution in [0.4, 0.5) is 0 Å². The monoisotopic (exact) mass is 449 g/mol. The summed E-state index contributed by atoms with van der Waals surface area (Å²) >= 11 is 7.21. The minimum absolute atomic E-state index is 0.0436. The zero-order valence-corrected chi connectivity index (χ0v) is 18.3. The highest BCUT2D eigenvalue weighted by molar-refractivity contribution is 7.99. The fourth-order valence-corrected chi connectivity index (χ4v) is 3.99. The lowest BCUT2D eigenvalue weighted by atomic mass is 10.2. The Bertz CT molecular complexity index is 896. The van der Waals surface area contributed by atoms with E-state index in [1.54, 1.807) is 35.2 Å². The van der Waals surface area contributed by atoms with E-state index in [2.05, 4.69) is 22.1 Å². The van der Waals surface area contributed by atoms with E-state index in [4.69, 9.17) is 16.3 Å². The average Bonchev–Trinajstić information content (AvgIpc) is 3.16.